The van der Waals surface area contributed by atoms with Gasteiger partial charge in [0.25, 0.3) is 5.56 Å². The van der Waals surface area contributed by atoms with Crippen LogP contribution in [0.5, 0.6) is 11.5 Å². The van der Waals surface area contributed by atoms with E-state index in [1.165, 1.54) is 14.2 Å². The molecule has 242 valence electrons. The molecule has 1 aliphatic rings. The van der Waals surface area contributed by atoms with Gasteiger partial charge in [0.2, 0.25) is 11.9 Å². The summed E-state index contributed by atoms with van der Waals surface area (Å²) in [4.78, 5) is 40.4. The van der Waals surface area contributed by atoms with E-state index in [0.29, 0.717) is 60.1 Å². The molecule has 5 rings (SSSR count). The lowest BCUT2D eigenvalue weighted by Crippen LogP contribution is -2.30. The smallest absolute Gasteiger partial charge is 0.260 e. The Balaban J connectivity index is 1.61. The van der Waals surface area contributed by atoms with Crippen molar-refractivity contribution in [3.05, 3.63) is 74.6 Å². The molecule has 4 aromatic rings. The molecule has 46 heavy (non-hydrogen) atoms. The number of para-hydroxylation sites is 1. The number of benzene rings is 2. The number of carbonyl (C=O) groups is 1. The molecule has 1 aliphatic heterocycles. The zero-order valence-electron chi connectivity index (χ0n) is 26.4. The Kier molecular flexibility index (Phi) is 10.0. The molecule has 1 saturated heterocycles. The third-order valence-corrected chi connectivity index (χ3v) is 8.73. The van der Waals surface area contributed by atoms with Crippen LogP contribution in [0.4, 0.5) is 17.3 Å². The first-order valence-corrected chi connectivity index (χ1v) is 15.5. The monoisotopic (exact) mass is 665 g/mol. The number of nitrogen functional groups attached to an aromatic ring is 1. The van der Waals surface area contributed by atoms with Gasteiger partial charge in [0.05, 0.1) is 41.2 Å². The number of hydrogen-bond acceptors (Lipinski definition) is 9. The molecule has 1 unspecified atom stereocenters. The second kappa shape index (κ2) is 14.0. The fourth-order valence-electron chi connectivity index (χ4n) is 5.57. The number of rotatable bonds is 10. The number of aryl methyl sites for hydroxylation is 1. The summed E-state index contributed by atoms with van der Waals surface area (Å²) >= 11 is 13.5. The molecule has 0 bridgehead atoms. The predicted octanol–water partition coefficient (Wildman–Crippen LogP) is 5.38. The van der Waals surface area contributed by atoms with Crippen molar-refractivity contribution in [1.29, 1.82) is 0 Å². The van der Waals surface area contributed by atoms with Gasteiger partial charge in [0, 0.05) is 55.5 Å². The van der Waals surface area contributed by atoms with Gasteiger partial charge in [-0.1, -0.05) is 41.4 Å². The Morgan fingerprint density at radius 1 is 1.17 bits per heavy atom. The summed E-state index contributed by atoms with van der Waals surface area (Å²) in [6, 6.07) is 8.83. The quantitative estimate of drug-likeness (QED) is 0.169. The van der Waals surface area contributed by atoms with Crippen LogP contribution in [0.15, 0.2) is 53.5 Å². The van der Waals surface area contributed by atoms with Crippen LogP contribution < -0.4 is 26.1 Å². The van der Waals surface area contributed by atoms with E-state index in [4.69, 9.17) is 43.4 Å². The normalized spacial score (nSPS) is 14.9. The number of nitrogens with one attached hydrogen (secondary N) is 1. The Morgan fingerprint density at radius 3 is 2.54 bits per heavy atom. The molecular formula is C33H37Cl2N7O4. The van der Waals surface area contributed by atoms with E-state index in [1.807, 2.05) is 44.1 Å². The molecule has 3 N–H and O–H groups in total. The molecule has 0 saturated carbocycles. The maximum absolute atomic E-state index is 14.4. The number of halogens is 2. The number of likely N-dealkylation sites (N-methyl/N-ethyl adjacent to an activating group) is 1. The summed E-state index contributed by atoms with van der Waals surface area (Å²) in [6.45, 7) is 3.98. The first-order valence-electron chi connectivity index (χ1n) is 14.8. The van der Waals surface area contributed by atoms with Crippen molar-refractivity contribution in [2.45, 2.75) is 19.9 Å². The van der Waals surface area contributed by atoms with Crippen molar-refractivity contribution in [1.82, 2.24) is 24.3 Å². The summed E-state index contributed by atoms with van der Waals surface area (Å²) in [5, 5.41) is 4.15. The van der Waals surface area contributed by atoms with Crippen LogP contribution in [0.3, 0.4) is 0 Å². The van der Waals surface area contributed by atoms with E-state index in [-0.39, 0.29) is 44.5 Å². The largest absolute Gasteiger partial charge is 0.495 e. The highest BCUT2D eigenvalue weighted by Gasteiger charge is 2.28. The van der Waals surface area contributed by atoms with E-state index < -0.39 is 0 Å². The highest BCUT2D eigenvalue weighted by molar-refractivity contribution is 6.41. The number of hydrogen-bond donors (Lipinski definition) is 2. The van der Waals surface area contributed by atoms with E-state index in [9.17, 15) is 9.59 Å². The minimum atomic E-state index is -0.359. The molecule has 13 heteroatoms. The number of aromatic nitrogens is 3. The van der Waals surface area contributed by atoms with Crippen molar-refractivity contribution in [2.24, 2.45) is 5.92 Å². The zero-order chi connectivity index (χ0) is 33.1. The summed E-state index contributed by atoms with van der Waals surface area (Å²) in [5.74, 6) is 0.835. The number of nitrogens with zero attached hydrogens (tertiary/aromatic N) is 5. The van der Waals surface area contributed by atoms with Crippen LogP contribution in [0, 0.1) is 12.8 Å². The van der Waals surface area contributed by atoms with Crippen LogP contribution in [-0.2, 0) is 11.3 Å². The van der Waals surface area contributed by atoms with Crippen LogP contribution in [0.1, 0.15) is 12.0 Å². The van der Waals surface area contributed by atoms with Crippen LogP contribution in [-0.4, -0.2) is 78.2 Å². The van der Waals surface area contributed by atoms with E-state index >= 15 is 0 Å². The summed E-state index contributed by atoms with van der Waals surface area (Å²) in [7, 11) is 6.84. The molecule has 2 aromatic carbocycles. The van der Waals surface area contributed by atoms with E-state index in [1.54, 1.807) is 39.9 Å². The fraction of sp³-hybridized carbons (Fsp3) is 0.333. The average molecular weight is 667 g/mol. The third-order valence-electron chi connectivity index (χ3n) is 7.98. The standard InChI is InChI=1S/C33H37Cl2N7O4/c1-19-8-6-9-23(36)30(19)38-33-37-16-21-14-22(27-28(34)24(45-4)15-25(46-5)29(27)35)32(44)42(31(21)39-33)18-20-11-13-41(17-20)26(43)10-7-12-40(2)3/h6-10,14-16,20H,11-13,17-18,36H2,1-5H3,(H,37,38,39)/b10-7+. The second-order valence-corrected chi connectivity index (χ2v) is 12.3. The summed E-state index contributed by atoms with van der Waals surface area (Å²) in [5.41, 5.74) is 8.95. The molecule has 11 nitrogen and oxygen atoms in total. The maximum Gasteiger partial charge on any atom is 0.260 e. The number of carbonyl (C=O) groups excluding carboxylic acids is 1. The van der Waals surface area contributed by atoms with Crippen LogP contribution >= 0.6 is 23.2 Å². The average Bonchev–Trinajstić information content (AvgIpc) is 3.50. The Bertz CT molecular complexity index is 1830. The van der Waals surface area contributed by atoms with Crippen LogP contribution in [0.25, 0.3) is 22.2 Å². The SMILES string of the molecule is COc1cc(OC)c(Cl)c(-c2cc3cnc(Nc4c(C)cccc4N)nc3n(CC3CCN(C(=O)/C=C/CN(C)C)C3)c2=O)c1Cl. The number of anilines is 3. The van der Waals surface area contributed by atoms with Gasteiger partial charge >= 0.3 is 0 Å². The zero-order valence-corrected chi connectivity index (χ0v) is 27.9. The van der Waals surface area contributed by atoms with E-state index in [2.05, 4.69) is 10.3 Å². The minimum Gasteiger partial charge on any atom is -0.495 e. The van der Waals surface area contributed by atoms with Crippen molar-refractivity contribution in [3.63, 3.8) is 0 Å². The van der Waals surface area contributed by atoms with Crippen molar-refractivity contribution < 1.29 is 14.3 Å². The Morgan fingerprint density at radius 2 is 1.89 bits per heavy atom. The lowest BCUT2D eigenvalue weighted by Gasteiger charge is -2.19. The minimum absolute atomic E-state index is 0.00785. The van der Waals surface area contributed by atoms with Gasteiger partial charge < -0.3 is 30.3 Å². The molecule has 1 fully saturated rings. The number of methoxy groups -OCH3 is 2. The predicted molar refractivity (Wildman–Crippen MR) is 184 cm³/mol. The molecule has 1 amide bonds. The van der Waals surface area contributed by atoms with Gasteiger partial charge in [-0.05, 0) is 51.1 Å². The second-order valence-electron chi connectivity index (χ2n) is 11.5. The number of amides is 1. The highest BCUT2D eigenvalue weighted by atomic mass is 35.5. The third kappa shape index (κ3) is 6.76. The number of pyridine rings is 1. The number of ether oxygens (including phenoxy) is 2. The molecule has 3 heterocycles. The van der Waals surface area contributed by atoms with Gasteiger partial charge in [0.15, 0.2) is 0 Å². The van der Waals surface area contributed by atoms with Gasteiger partial charge in [-0.3, -0.25) is 14.2 Å². The number of fused-ring (bicyclic) bond motifs is 1. The Hall–Kier alpha value is -4.32. The molecule has 0 aliphatic carbocycles. The summed E-state index contributed by atoms with van der Waals surface area (Å²) < 4.78 is 12.5. The van der Waals surface area contributed by atoms with Crippen molar-refractivity contribution >= 4 is 57.5 Å². The molecule has 0 spiro atoms. The highest BCUT2D eigenvalue weighted by Crippen LogP contribution is 2.45. The topological polar surface area (TPSA) is 128 Å². The van der Waals surface area contributed by atoms with Gasteiger partial charge in [0.1, 0.15) is 17.1 Å². The van der Waals surface area contributed by atoms with Gasteiger partial charge in [-0.25, -0.2) is 4.98 Å². The fourth-order valence-corrected chi connectivity index (χ4v) is 6.28. The number of likely N-dealkylation sites (tertiary alicyclic amines) is 1. The van der Waals surface area contributed by atoms with Gasteiger partial charge in [-0.15, -0.1) is 0 Å². The first kappa shape index (κ1) is 33.1. The lowest BCUT2D eigenvalue weighted by molar-refractivity contribution is -0.125. The maximum atomic E-state index is 14.4. The van der Waals surface area contributed by atoms with Gasteiger partial charge in [-0.2, -0.15) is 4.98 Å². The molecule has 0 radical (unpaired) electrons. The molecular weight excluding hydrogens is 629 g/mol. The van der Waals surface area contributed by atoms with Crippen molar-refractivity contribution in [2.75, 3.05) is 59.0 Å². The van der Waals surface area contributed by atoms with Crippen LogP contribution in [0.2, 0.25) is 10.0 Å². The van der Waals surface area contributed by atoms with E-state index in [0.717, 1.165) is 12.0 Å². The van der Waals surface area contributed by atoms with Crippen molar-refractivity contribution in [3.8, 4) is 22.6 Å². The molecule has 1 atom stereocenters. The summed E-state index contributed by atoms with van der Waals surface area (Å²) in [6.07, 6.45) is 5.81. The number of nitrogens with two attached hydrogens (primary N) is 1. The molecule has 2 aromatic heterocycles. The Labute approximate surface area is 277 Å². The first-order chi connectivity index (χ1) is 22.0. The lowest BCUT2D eigenvalue weighted by atomic mass is 10.0.